The Morgan fingerprint density at radius 3 is 2.80 bits per heavy atom. The number of aldehydes is 1. The maximum absolute atomic E-state index is 12.2. The Kier molecular flexibility index (Phi) is 5.92. The van der Waals surface area contributed by atoms with Gasteiger partial charge >= 0.3 is 0 Å². The molecule has 0 atom stereocenters. The molecule has 1 N–H and O–H groups in total. The van der Waals surface area contributed by atoms with E-state index in [1.165, 1.54) is 11.3 Å². The number of benzene rings is 2. The fraction of sp³-hybridized carbons (Fsp3) is 0.130. The fourth-order valence-corrected chi connectivity index (χ4v) is 3.93. The third-order valence-corrected chi connectivity index (χ3v) is 5.44. The third kappa shape index (κ3) is 4.42. The van der Waals surface area contributed by atoms with Crippen molar-refractivity contribution in [3.8, 4) is 11.1 Å². The van der Waals surface area contributed by atoms with E-state index < -0.39 is 0 Å². The highest BCUT2D eigenvalue weighted by molar-refractivity contribution is 7.13. The Morgan fingerprint density at radius 2 is 2.00 bits per heavy atom. The Bertz CT molecular complexity index is 1190. The average Bonchev–Trinajstić information content (AvgIpc) is 3.26. The molecule has 0 radical (unpaired) electrons. The first-order chi connectivity index (χ1) is 14.6. The van der Waals surface area contributed by atoms with Crippen molar-refractivity contribution in [1.29, 1.82) is 0 Å². The lowest BCUT2D eigenvalue weighted by atomic mass is 9.97. The van der Waals surface area contributed by atoms with Crippen LogP contribution in [0.3, 0.4) is 0 Å². The highest BCUT2D eigenvalue weighted by Gasteiger charge is 2.13. The second-order valence-electron chi connectivity index (χ2n) is 6.97. The molecule has 0 saturated heterocycles. The number of carbonyl (C=O) groups excluding carboxylic acids is 2. The van der Waals surface area contributed by atoms with Crippen molar-refractivity contribution < 1.29 is 9.59 Å². The number of hydrogen-bond acceptors (Lipinski definition) is 6. The van der Waals surface area contributed by atoms with E-state index in [0.717, 1.165) is 33.9 Å². The lowest BCUT2D eigenvalue weighted by Gasteiger charge is -2.17. The third-order valence-electron chi connectivity index (χ3n) is 4.75. The number of likely N-dealkylation sites (N-methyl/N-ethyl adjacent to an activating group) is 1. The van der Waals surface area contributed by atoms with Gasteiger partial charge in [-0.1, -0.05) is 36.4 Å². The maximum atomic E-state index is 12.2. The van der Waals surface area contributed by atoms with Crippen LogP contribution >= 0.6 is 11.3 Å². The van der Waals surface area contributed by atoms with E-state index in [9.17, 15) is 9.59 Å². The number of rotatable bonds is 7. The summed E-state index contributed by atoms with van der Waals surface area (Å²) in [6.45, 7) is 0.681. The van der Waals surface area contributed by atoms with Crippen LogP contribution in [0.4, 0.5) is 5.13 Å². The van der Waals surface area contributed by atoms with Crippen LogP contribution in [0.15, 0.2) is 66.3 Å². The van der Waals surface area contributed by atoms with Crippen molar-refractivity contribution in [3.63, 3.8) is 0 Å². The number of amides is 1. The minimum absolute atomic E-state index is 0.140. The Morgan fingerprint density at radius 1 is 1.13 bits per heavy atom. The van der Waals surface area contributed by atoms with Gasteiger partial charge in [-0.15, -0.1) is 11.3 Å². The fourth-order valence-electron chi connectivity index (χ4n) is 3.39. The van der Waals surface area contributed by atoms with Crippen molar-refractivity contribution in [3.05, 3.63) is 77.4 Å². The van der Waals surface area contributed by atoms with Crippen LogP contribution in [0.5, 0.6) is 0 Å². The van der Waals surface area contributed by atoms with Gasteiger partial charge in [0.05, 0.1) is 12.1 Å². The largest absolute Gasteiger partial charge is 0.301 e. The van der Waals surface area contributed by atoms with Gasteiger partial charge in [0.25, 0.3) is 0 Å². The summed E-state index contributed by atoms with van der Waals surface area (Å²) >= 11 is 1.38. The van der Waals surface area contributed by atoms with Gasteiger partial charge in [0, 0.05) is 40.8 Å². The van der Waals surface area contributed by atoms with Crippen LogP contribution in [0.2, 0.25) is 0 Å². The number of hydrogen-bond donors (Lipinski definition) is 1. The number of nitrogens with one attached hydrogen (secondary N) is 1. The topological polar surface area (TPSA) is 75.2 Å². The molecular formula is C23H20N4O2S. The molecule has 4 rings (SSSR count). The van der Waals surface area contributed by atoms with Gasteiger partial charge in [-0.05, 0) is 30.3 Å². The first kappa shape index (κ1) is 19.9. The van der Waals surface area contributed by atoms with Gasteiger partial charge in [0.2, 0.25) is 5.91 Å². The molecule has 6 nitrogen and oxygen atoms in total. The molecule has 0 saturated carbocycles. The summed E-state index contributed by atoms with van der Waals surface area (Å²) in [4.78, 5) is 34.4. The lowest BCUT2D eigenvalue weighted by molar-refractivity contribution is -0.117. The summed E-state index contributed by atoms with van der Waals surface area (Å²) in [7, 11) is 1.85. The first-order valence-corrected chi connectivity index (χ1v) is 10.3. The van der Waals surface area contributed by atoms with Crippen molar-refractivity contribution in [2.45, 2.75) is 6.54 Å². The molecular weight excluding hydrogens is 396 g/mol. The van der Waals surface area contributed by atoms with E-state index in [4.69, 9.17) is 0 Å². The second kappa shape index (κ2) is 8.94. The molecule has 0 spiro atoms. The number of pyridine rings is 1. The van der Waals surface area contributed by atoms with Gasteiger partial charge in [-0.2, -0.15) is 0 Å². The van der Waals surface area contributed by atoms with Crippen molar-refractivity contribution in [1.82, 2.24) is 14.9 Å². The molecule has 150 valence electrons. The second-order valence-corrected chi connectivity index (χ2v) is 7.86. The molecule has 30 heavy (non-hydrogen) atoms. The molecule has 0 aliphatic carbocycles. The van der Waals surface area contributed by atoms with E-state index in [2.05, 4.69) is 15.3 Å². The zero-order valence-corrected chi connectivity index (χ0v) is 17.2. The molecule has 0 fully saturated rings. The first-order valence-electron chi connectivity index (χ1n) is 9.44. The maximum Gasteiger partial charge on any atom is 0.240 e. The zero-order chi connectivity index (χ0) is 20.9. The van der Waals surface area contributed by atoms with E-state index in [1.807, 2.05) is 65.9 Å². The molecule has 0 bridgehead atoms. The summed E-state index contributed by atoms with van der Waals surface area (Å²) < 4.78 is 0. The van der Waals surface area contributed by atoms with Gasteiger partial charge in [0.1, 0.15) is 6.29 Å². The number of fused-ring (bicyclic) bond motifs is 1. The molecule has 0 aliphatic rings. The van der Waals surface area contributed by atoms with E-state index in [-0.39, 0.29) is 12.5 Å². The van der Waals surface area contributed by atoms with Crippen LogP contribution in [-0.4, -0.2) is 40.7 Å². The highest BCUT2D eigenvalue weighted by Crippen LogP contribution is 2.28. The van der Waals surface area contributed by atoms with E-state index in [0.29, 0.717) is 17.2 Å². The molecule has 0 aliphatic heterocycles. The molecule has 2 heterocycles. The Labute approximate surface area is 178 Å². The standard InChI is InChI=1S/C23H20N4O2S/c1-27(14-21(29)26-23-25-10-11-30-23)13-18-8-7-17(12-19(18)15-28)20-6-2-4-16-5-3-9-24-22(16)20/h2-12,15H,13-14H2,1H3,(H,25,26,29). The summed E-state index contributed by atoms with van der Waals surface area (Å²) in [5.74, 6) is -0.140. The van der Waals surface area contributed by atoms with Gasteiger partial charge in [-0.3, -0.25) is 19.5 Å². The predicted molar refractivity (Wildman–Crippen MR) is 120 cm³/mol. The van der Waals surface area contributed by atoms with Crippen LogP contribution in [0.1, 0.15) is 15.9 Å². The van der Waals surface area contributed by atoms with Gasteiger partial charge < -0.3 is 5.32 Å². The summed E-state index contributed by atoms with van der Waals surface area (Å²) in [5, 5.41) is 6.21. The van der Waals surface area contributed by atoms with Crippen LogP contribution < -0.4 is 5.32 Å². The van der Waals surface area contributed by atoms with Crippen LogP contribution in [0.25, 0.3) is 22.0 Å². The lowest BCUT2D eigenvalue weighted by Crippen LogP contribution is -2.30. The van der Waals surface area contributed by atoms with Crippen molar-refractivity contribution in [2.75, 3.05) is 18.9 Å². The minimum atomic E-state index is -0.140. The van der Waals surface area contributed by atoms with E-state index in [1.54, 1.807) is 12.4 Å². The quantitative estimate of drug-likeness (QED) is 0.456. The number of anilines is 1. The molecule has 4 aromatic rings. The Hall–Kier alpha value is -3.42. The monoisotopic (exact) mass is 416 g/mol. The smallest absolute Gasteiger partial charge is 0.240 e. The molecule has 7 heteroatoms. The van der Waals surface area contributed by atoms with Gasteiger partial charge in [0.15, 0.2) is 5.13 Å². The predicted octanol–water partition coefficient (Wildman–Crippen LogP) is 4.24. The summed E-state index contributed by atoms with van der Waals surface area (Å²) in [5.41, 5.74) is 4.30. The highest BCUT2D eigenvalue weighted by atomic mass is 32.1. The summed E-state index contributed by atoms with van der Waals surface area (Å²) in [6, 6.07) is 15.8. The normalized spacial score (nSPS) is 11.0. The Balaban J connectivity index is 1.52. The molecule has 2 aromatic carbocycles. The van der Waals surface area contributed by atoms with Gasteiger partial charge in [-0.25, -0.2) is 4.98 Å². The van der Waals surface area contributed by atoms with Crippen LogP contribution in [0, 0.1) is 0 Å². The number of carbonyl (C=O) groups is 2. The van der Waals surface area contributed by atoms with Crippen molar-refractivity contribution in [2.24, 2.45) is 0 Å². The SMILES string of the molecule is CN(CC(=O)Nc1nccs1)Cc1ccc(-c2cccc3cccnc23)cc1C=O. The number of para-hydroxylation sites is 1. The molecule has 1 amide bonds. The number of nitrogens with zero attached hydrogens (tertiary/aromatic N) is 3. The zero-order valence-electron chi connectivity index (χ0n) is 16.4. The minimum Gasteiger partial charge on any atom is -0.301 e. The van der Waals surface area contributed by atoms with Crippen molar-refractivity contribution >= 4 is 39.6 Å². The van der Waals surface area contributed by atoms with Crippen LogP contribution in [-0.2, 0) is 11.3 Å². The average molecular weight is 417 g/mol. The molecule has 0 unspecified atom stereocenters. The number of thiazole rings is 1. The number of aromatic nitrogens is 2. The molecule has 2 aromatic heterocycles. The summed E-state index contributed by atoms with van der Waals surface area (Å²) in [6.07, 6.45) is 4.28. The van der Waals surface area contributed by atoms with E-state index >= 15 is 0 Å².